The van der Waals surface area contributed by atoms with Crippen LogP contribution in [-0.4, -0.2) is 42.7 Å². The van der Waals surface area contributed by atoms with Crippen LogP contribution in [0.25, 0.3) is 0 Å². The van der Waals surface area contributed by atoms with Crippen molar-refractivity contribution in [3.8, 4) is 11.5 Å². The first-order valence-corrected chi connectivity index (χ1v) is 12.5. The van der Waals surface area contributed by atoms with Crippen molar-refractivity contribution >= 4 is 28.8 Å². The summed E-state index contributed by atoms with van der Waals surface area (Å²) in [6.07, 6.45) is 0.147. The maximum absolute atomic E-state index is 13.6. The number of allylic oxidation sites excluding steroid dienone is 1. The largest absolute Gasteiger partial charge is 0.493 e. The number of aliphatic imine (C=N–C) groups is 1. The minimum absolute atomic E-state index is 0.110. The Hall–Kier alpha value is -3.72. The second-order valence-corrected chi connectivity index (χ2v) is 9.00. The summed E-state index contributed by atoms with van der Waals surface area (Å²) in [6, 6.07) is 14.4. The average Bonchev–Trinajstić information content (AvgIpc) is 3.28. The van der Waals surface area contributed by atoms with Crippen molar-refractivity contribution in [2.75, 3.05) is 20.8 Å². The average molecular weight is 508 g/mol. The molecule has 0 bridgehead atoms. The van der Waals surface area contributed by atoms with E-state index >= 15 is 0 Å². The van der Waals surface area contributed by atoms with Crippen molar-refractivity contribution in [2.24, 2.45) is 4.99 Å². The maximum Gasteiger partial charge on any atom is 0.338 e. The minimum Gasteiger partial charge on any atom is -0.493 e. The fourth-order valence-corrected chi connectivity index (χ4v) is 5.24. The summed E-state index contributed by atoms with van der Waals surface area (Å²) in [4.78, 5) is 32.7. The van der Waals surface area contributed by atoms with Crippen LogP contribution in [0.3, 0.4) is 0 Å². The highest BCUT2D eigenvalue weighted by Crippen LogP contribution is 2.48. The molecule has 1 amide bonds. The number of amides is 1. The number of benzene rings is 2. The van der Waals surface area contributed by atoms with Crippen LogP contribution in [0.5, 0.6) is 11.5 Å². The Morgan fingerprint density at radius 2 is 1.86 bits per heavy atom. The molecule has 2 aromatic rings. The Morgan fingerprint density at radius 3 is 2.56 bits per heavy atom. The highest BCUT2D eigenvalue weighted by Gasteiger charge is 2.42. The number of fused-ring (bicyclic) bond motifs is 1. The molecule has 1 N–H and O–H groups in total. The zero-order valence-corrected chi connectivity index (χ0v) is 21.6. The third kappa shape index (κ3) is 5.11. The van der Waals surface area contributed by atoms with Crippen molar-refractivity contribution in [3.05, 3.63) is 82.0 Å². The van der Waals surface area contributed by atoms with Gasteiger partial charge in [0, 0.05) is 17.8 Å². The summed E-state index contributed by atoms with van der Waals surface area (Å²) in [6.45, 7) is 4.33. The van der Waals surface area contributed by atoms with E-state index in [1.807, 2.05) is 59.7 Å². The second-order valence-electron chi connectivity index (χ2n) is 8.17. The lowest BCUT2D eigenvalue weighted by atomic mass is 9.92. The number of hydrogen-bond donors (Lipinski definition) is 1. The molecule has 2 aromatic carbocycles. The number of rotatable bonds is 9. The zero-order chi connectivity index (χ0) is 25.7. The number of esters is 1. The summed E-state index contributed by atoms with van der Waals surface area (Å²) in [5, 5.41) is 5.42. The number of amidine groups is 1. The fourth-order valence-electron chi connectivity index (χ4n) is 4.28. The van der Waals surface area contributed by atoms with Crippen LogP contribution in [0.1, 0.15) is 37.4 Å². The Kier molecular flexibility index (Phi) is 8.00. The molecule has 188 valence electrons. The van der Waals surface area contributed by atoms with Crippen LogP contribution in [0.15, 0.2) is 75.9 Å². The molecule has 0 radical (unpaired) electrons. The summed E-state index contributed by atoms with van der Waals surface area (Å²) in [5.41, 5.74) is 3.26. The molecule has 1 atom stereocenters. The molecule has 36 heavy (non-hydrogen) atoms. The Balaban J connectivity index is 1.77. The van der Waals surface area contributed by atoms with E-state index in [0.29, 0.717) is 40.0 Å². The first-order valence-electron chi connectivity index (χ1n) is 11.6. The SMILES string of the molecule is CCNC(=O)CC1=CSC2=NC(C)=C(C(=O)OCc3ccccc3)[C@H](c3cccc(OC)c3OC)N12. The van der Waals surface area contributed by atoms with Crippen LogP contribution >= 0.6 is 11.8 Å². The molecular weight excluding hydrogens is 478 g/mol. The van der Waals surface area contributed by atoms with E-state index in [1.54, 1.807) is 27.2 Å². The monoisotopic (exact) mass is 507 g/mol. The molecule has 2 heterocycles. The first kappa shape index (κ1) is 25.4. The Morgan fingerprint density at radius 1 is 1.08 bits per heavy atom. The van der Waals surface area contributed by atoms with Crippen LogP contribution in [0.4, 0.5) is 0 Å². The molecule has 0 unspecified atom stereocenters. The molecule has 8 nitrogen and oxygen atoms in total. The van der Waals surface area contributed by atoms with Gasteiger partial charge in [-0.2, -0.15) is 0 Å². The van der Waals surface area contributed by atoms with E-state index in [4.69, 9.17) is 19.2 Å². The van der Waals surface area contributed by atoms with Crippen LogP contribution < -0.4 is 14.8 Å². The van der Waals surface area contributed by atoms with E-state index in [2.05, 4.69) is 5.32 Å². The van der Waals surface area contributed by atoms with Gasteiger partial charge < -0.3 is 24.4 Å². The molecule has 0 spiro atoms. The summed E-state index contributed by atoms with van der Waals surface area (Å²) in [7, 11) is 3.13. The Labute approximate surface area is 215 Å². The number of carbonyl (C=O) groups is 2. The molecule has 2 aliphatic heterocycles. The highest BCUT2D eigenvalue weighted by molar-refractivity contribution is 8.16. The molecule has 9 heteroatoms. The van der Waals surface area contributed by atoms with Crippen molar-refractivity contribution in [2.45, 2.75) is 32.9 Å². The van der Waals surface area contributed by atoms with Gasteiger partial charge in [0.25, 0.3) is 0 Å². The van der Waals surface area contributed by atoms with Crippen LogP contribution in [-0.2, 0) is 20.9 Å². The summed E-state index contributed by atoms with van der Waals surface area (Å²) < 4.78 is 17.0. The van der Waals surface area contributed by atoms with E-state index in [9.17, 15) is 9.59 Å². The van der Waals surface area contributed by atoms with Crippen molar-refractivity contribution < 1.29 is 23.8 Å². The van der Waals surface area contributed by atoms with Gasteiger partial charge >= 0.3 is 5.97 Å². The van der Waals surface area contributed by atoms with E-state index in [0.717, 1.165) is 11.3 Å². The standard InChI is InChI=1S/C27H29N3O5S/c1-5-28-22(31)14-19-16-36-27-29-17(2)23(26(32)35-15-18-10-7-6-8-11-18)24(30(19)27)20-12-9-13-21(33-3)25(20)34-4/h6-13,16,24H,5,14-15H2,1-4H3,(H,28,31)/t24-/m0/s1. The fraction of sp³-hybridized carbons (Fsp3) is 0.296. The number of para-hydroxylation sites is 1. The van der Waals surface area contributed by atoms with Crippen molar-refractivity contribution in [3.63, 3.8) is 0 Å². The number of thioether (sulfide) groups is 1. The van der Waals surface area contributed by atoms with E-state index in [-0.39, 0.29) is 18.9 Å². The Bertz CT molecular complexity index is 1240. The summed E-state index contributed by atoms with van der Waals surface area (Å²) in [5.74, 6) is 0.446. The predicted molar refractivity (Wildman–Crippen MR) is 139 cm³/mol. The molecule has 0 aromatic heterocycles. The zero-order valence-electron chi connectivity index (χ0n) is 20.7. The number of nitrogens with one attached hydrogen (secondary N) is 1. The van der Waals surface area contributed by atoms with Crippen LogP contribution in [0.2, 0.25) is 0 Å². The third-order valence-electron chi connectivity index (χ3n) is 5.88. The van der Waals surface area contributed by atoms with Gasteiger partial charge in [-0.15, -0.1) is 0 Å². The maximum atomic E-state index is 13.6. The number of ether oxygens (including phenoxy) is 3. The lowest BCUT2D eigenvalue weighted by Crippen LogP contribution is -2.38. The second kappa shape index (κ2) is 11.3. The molecule has 0 saturated carbocycles. The van der Waals surface area contributed by atoms with Crippen molar-refractivity contribution in [1.29, 1.82) is 0 Å². The van der Waals surface area contributed by atoms with Gasteiger partial charge in [-0.05, 0) is 30.9 Å². The van der Waals surface area contributed by atoms with Gasteiger partial charge in [0.15, 0.2) is 16.7 Å². The van der Waals surface area contributed by atoms with Crippen LogP contribution in [0, 0.1) is 0 Å². The first-order chi connectivity index (χ1) is 17.5. The van der Waals surface area contributed by atoms with Crippen molar-refractivity contribution in [1.82, 2.24) is 10.2 Å². The highest BCUT2D eigenvalue weighted by atomic mass is 32.2. The predicted octanol–water partition coefficient (Wildman–Crippen LogP) is 4.55. The lowest BCUT2D eigenvalue weighted by Gasteiger charge is -2.37. The number of methoxy groups -OCH3 is 2. The molecule has 0 aliphatic carbocycles. The van der Waals surface area contributed by atoms with Gasteiger partial charge in [0.05, 0.1) is 38.0 Å². The quantitative estimate of drug-likeness (QED) is 0.498. The third-order valence-corrected chi connectivity index (χ3v) is 6.77. The van der Waals surface area contributed by atoms with Gasteiger partial charge in [0.2, 0.25) is 5.91 Å². The molecule has 0 fully saturated rings. The number of hydrogen-bond acceptors (Lipinski definition) is 8. The van der Waals surface area contributed by atoms with Gasteiger partial charge in [-0.3, -0.25) is 4.79 Å². The smallest absolute Gasteiger partial charge is 0.338 e. The van der Waals surface area contributed by atoms with E-state index in [1.165, 1.54) is 11.8 Å². The van der Waals surface area contributed by atoms with Gasteiger partial charge in [0.1, 0.15) is 6.61 Å². The molecule has 0 saturated heterocycles. The normalized spacial score (nSPS) is 16.7. The van der Waals surface area contributed by atoms with Gasteiger partial charge in [-0.25, -0.2) is 9.79 Å². The summed E-state index contributed by atoms with van der Waals surface area (Å²) >= 11 is 1.42. The minimum atomic E-state index is -0.624. The topological polar surface area (TPSA) is 89.5 Å². The number of carbonyl (C=O) groups excluding carboxylic acids is 2. The molecular formula is C27H29N3O5S. The molecule has 2 aliphatic rings. The van der Waals surface area contributed by atoms with Gasteiger partial charge in [-0.1, -0.05) is 54.2 Å². The lowest BCUT2D eigenvalue weighted by molar-refractivity contribution is -0.141. The van der Waals surface area contributed by atoms with E-state index < -0.39 is 12.0 Å². The molecule has 4 rings (SSSR count). The number of nitrogens with zero attached hydrogens (tertiary/aromatic N) is 2.